The molecule has 1 aromatic carbocycles. The molecule has 5 nitrogen and oxygen atoms in total. The van der Waals surface area contributed by atoms with Crippen molar-refractivity contribution in [3.8, 4) is 6.07 Å². The van der Waals surface area contributed by atoms with Gasteiger partial charge in [0, 0.05) is 0 Å². The van der Waals surface area contributed by atoms with Gasteiger partial charge >= 0.3 is 5.97 Å². The Bertz CT molecular complexity index is 640. The zero-order valence-electron chi connectivity index (χ0n) is 13.6. The third-order valence-corrected chi connectivity index (χ3v) is 4.33. The second kappa shape index (κ2) is 7.28. The highest BCUT2D eigenvalue weighted by molar-refractivity contribution is 5.82. The zero-order valence-corrected chi connectivity index (χ0v) is 13.6. The largest absolute Gasteiger partial charge is 0.455 e. The quantitative estimate of drug-likeness (QED) is 0.846. The molecule has 23 heavy (non-hydrogen) atoms. The van der Waals surface area contributed by atoms with Crippen LogP contribution in [-0.4, -0.2) is 24.0 Å². The second-order valence-corrected chi connectivity index (χ2v) is 6.21. The summed E-state index contributed by atoms with van der Waals surface area (Å²) in [6.45, 7) is 3.66. The van der Waals surface area contributed by atoms with Gasteiger partial charge in [-0.05, 0) is 56.2 Å². The number of nitrogens with one attached hydrogen (secondary N) is 1. The summed E-state index contributed by atoms with van der Waals surface area (Å²) < 4.78 is 5.02. The van der Waals surface area contributed by atoms with Crippen LogP contribution in [0, 0.1) is 25.2 Å². The minimum absolute atomic E-state index is 0.137. The number of hydrogen-bond donors (Lipinski definition) is 1. The summed E-state index contributed by atoms with van der Waals surface area (Å²) >= 11 is 0. The molecule has 2 rings (SSSR count). The van der Waals surface area contributed by atoms with E-state index in [1.54, 1.807) is 0 Å². The van der Waals surface area contributed by atoms with Crippen LogP contribution in [0.25, 0.3) is 0 Å². The van der Waals surface area contributed by atoms with E-state index >= 15 is 0 Å². The Balaban J connectivity index is 1.81. The van der Waals surface area contributed by atoms with Gasteiger partial charge in [0.25, 0.3) is 5.91 Å². The standard InChI is InChI=1S/C18H22N2O3/c1-13-5-6-15(9-14(13)2)10-17(22)23-11-16(21)20-18(12-19)7-3-4-8-18/h5-6,9H,3-4,7-8,10-11H2,1-2H3,(H,20,21). The highest BCUT2D eigenvalue weighted by Gasteiger charge is 2.35. The van der Waals surface area contributed by atoms with Gasteiger partial charge < -0.3 is 10.1 Å². The molecule has 0 unspecified atom stereocenters. The van der Waals surface area contributed by atoms with E-state index in [1.807, 2.05) is 32.0 Å². The first kappa shape index (κ1) is 17.0. The van der Waals surface area contributed by atoms with Gasteiger partial charge in [0.2, 0.25) is 0 Å². The highest BCUT2D eigenvalue weighted by atomic mass is 16.5. The number of amides is 1. The number of nitriles is 1. The number of ether oxygens (including phenoxy) is 1. The van der Waals surface area contributed by atoms with E-state index in [1.165, 1.54) is 5.56 Å². The Hall–Kier alpha value is -2.35. The molecule has 0 spiro atoms. The maximum absolute atomic E-state index is 11.9. The van der Waals surface area contributed by atoms with E-state index < -0.39 is 17.4 Å². The van der Waals surface area contributed by atoms with Crippen LogP contribution >= 0.6 is 0 Å². The van der Waals surface area contributed by atoms with E-state index in [9.17, 15) is 14.9 Å². The minimum atomic E-state index is -0.780. The zero-order chi connectivity index (χ0) is 16.9. The first-order valence-electron chi connectivity index (χ1n) is 7.88. The Morgan fingerprint density at radius 3 is 2.57 bits per heavy atom. The molecule has 1 aliphatic carbocycles. The first-order valence-corrected chi connectivity index (χ1v) is 7.88. The fourth-order valence-corrected chi connectivity index (χ4v) is 2.82. The molecule has 1 saturated carbocycles. The minimum Gasteiger partial charge on any atom is -0.455 e. The van der Waals surface area contributed by atoms with Gasteiger partial charge in [-0.25, -0.2) is 0 Å². The smallest absolute Gasteiger partial charge is 0.310 e. The Kier molecular flexibility index (Phi) is 5.38. The van der Waals surface area contributed by atoms with Crippen molar-refractivity contribution in [2.45, 2.75) is 51.5 Å². The van der Waals surface area contributed by atoms with Gasteiger partial charge in [-0.1, -0.05) is 18.2 Å². The van der Waals surface area contributed by atoms with Crippen LogP contribution in [-0.2, 0) is 20.7 Å². The third kappa shape index (κ3) is 4.56. The fourth-order valence-electron chi connectivity index (χ4n) is 2.82. The van der Waals surface area contributed by atoms with E-state index in [2.05, 4.69) is 11.4 Å². The van der Waals surface area contributed by atoms with Gasteiger partial charge in [0.05, 0.1) is 12.5 Å². The molecule has 5 heteroatoms. The Morgan fingerprint density at radius 1 is 1.26 bits per heavy atom. The van der Waals surface area contributed by atoms with Gasteiger partial charge in [-0.3, -0.25) is 9.59 Å². The van der Waals surface area contributed by atoms with Crippen molar-refractivity contribution < 1.29 is 14.3 Å². The lowest BCUT2D eigenvalue weighted by Gasteiger charge is -2.21. The molecule has 0 atom stereocenters. The summed E-state index contributed by atoms with van der Waals surface area (Å²) in [6, 6.07) is 7.96. The van der Waals surface area contributed by atoms with E-state index in [-0.39, 0.29) is 13.0 Å². The van der Waals surface area contributed by atoms with Crippen molar-refractivity contribution in [2.75, 3.05) is 6.61 Å². The van der Waals surface area contributed by atoms with E-state index in [0.717, 1.165) is 24.0 Å². The molecule has 1 fully saturated rings. The number of carbonyl (C=O) groups is 2. The number of rotatable bonds is 5. The molecule has 1 aliphatic rings. The maximum Gasteiger partial charge on any atom is 0.310 e. The van der Waals surface area contributed by atoms with E-state index in [0.29, 0.717) is 12.8 Å². The van der Waals surface area contributed by atoms with Crippen LogP contribution in [0.2, 0.25) is 0 Å². The van der Waals surface area contributed by atoms with Crippen molar-refractivity contribution in [3.63, 3.8) is 0 Å². The average molecular weight is 314 g/mol. The maximum atomic E-state index is 11.9. The van der Waals surface area contributed by atoms with Crippen molar-refractivity contribution in [3.05, 3.63) is 34.9 Å². The van der Waals surface area contributed by atoms with Crippen molar-refractivity contribution in [1.29, 1.82) is 5.26 Å². The SMILES string of the molecule is Cc1ccc(CC(=O)OCC(=O)NC2(C#N)CCCC2)cc1C. The van der Waals surface area contributed by atoms with E-state index in [4.69, 9.17) is 4.74 Å². The number of esters is 1. The predicted octanol–water partition coefficient (Wildman–Crippen LogP) is 2.34. The number of aryl methyl sites for hydroxylation is 2. The lowest BCUT2D eigenvalue weighted by molar-refractivity contribution is -0.148. The number of benzene rings is 1. The third-order valence-electron chi connectivity index (χ3n) is 4.33. The van der Waals surface area contributed by atoms with Gasteiger partial charge in [0.15, 0.2) is 6.61 Å². The van der Waals surface area contributed by atoms with Gasteiger partial charge in [-0.2, -0.15) is 5.26 Å². The molecule has 0 heterocycles. The van der Waals surface area contributed by atoms with Crippen LogP contribution < -0.4 is 5.32 Å². The molecule has 0 aromatic heterocycles. The first-order chi connectivity index (χ1) is 10.9. The van der Waals surface area contributed by atoms with Gasteiger partial charge in [0.1, 0.15) is 5.54 Å². The monoisotopic (exact) mass is 314 g/mol. The molecule has 0 bridgehead atoms. The summed E-state index contributed by atoms with van der Waals surface area (Å²) in [5, 5.41) is 11.9. The molecule has 1 aromatic rings. The number of nitrogens with zero attached hydrogens (tertiary/aromatic N) is 1. The Labute approximate surface area is 136 Å². The summed E-state index contributed by atoms with van der Waals surface area (Å²) in [4.78, 5) is 23.7. The van der Waals surface area contributed by atoms with Crippen molar-refractivity contribution in [1.82, 2.24) is 5.32 Å². The van der Waals surface area contributed by atoms with Crippen LogP contribution in [0.15, 0.2) is 18.2 Å². The van der Waals surface area contributed by atoms with Crippen LogP contribution in [0.1, 0.15) is 42.4 Å². The summed E-state index contributed by atoms with van der Waals surface area (Å²) in [6.07, 6.45) is 3.32. The predicted molar refractivity (Wildman–Crippen MR) is 85.5 cm³/mol. The topological polar surface area (TPSA) is 79.2 Å². The van der Waals surface area contributed by atoms with Gasteiger partial charge in [-0.15, -0.1) is 0 Å². The fraction of sp³-hybridized carbons (Fsp3) is 0.500. The number of hydrogen-bond acceptors (Lipinski definition) is 4. The molecular weight excluding hydrogens is 292 g/mol. The lowest BCUT2D eigenvalue weighted by Crippen LogP contribution is -2.46. The molecule has 0 aliphatic heterocycles. The summed E-state index contributed by atoms with van der Waals surface area (Å²) in [5.74, 6) is -0.859. The molecule has 122 valence electrons. The Morgan fingerprint density at radius 2 is 1.96 bits per heavy atom. The average Bonchev–Trinajstić information content (AvgIpc) is 2.98. The normalized spacial score (nSPS) is 15.7. The molecule has 0 saturated heterocycles. The summed E-state index contributed by atoms with van der Waals surface area (Å²) in [5.41, 5.74) is 2.37. The van der Waals surface area contributed by atoms with Crippen LogP contribution in [0.4, 0.5) is 0 Å². The molecule has 0 radical (unpaired) electrons. The summed E-state index contributed by atoms with van der Waals surface area (Å²) in [7, 11) is 0. The number of carbonyl (C=O) groups excluding carboxylic acids is 2. The van der Waals surface area contributed by atoms with Crippen molar-refractivity contribution >= 4 is 11.9 Å². The van der Waals surface area contributed by atoms with Crippen molar-refractivity contribution in [2.24, 2.45) is 0 Å². The second-order valence-electron chi connectivity index (χ2n) is 6.21. The van der Waals surface area contributed by atoms with Crippen LogP contribution in [0.5, 0.6) is 0 Å². The highest BCUT2D eigenvalue weighted by Crippen LogP contribution is 2.28. The molecular formula is C18H22N2O3. The molecule has 1 N–H and O–H groups in total. The molecule has 1 amide bonds. The van der Waals surface area contributed by atoms with Crippen LogP contribution in [0.3, 0.4) is 0 Å². The lowest BCUT2D eigenvalue weighted by atomic mass is 10.00.